The molecule has 1 aliphatic heterocycles. The molecule has 0 aromatic rings. The molecule has 0 aromatic heterocycles. The highest BCUT2D eigenvalue weighted by Crippen LogP contribution is 2.18. The van der Waals surface area contributed by atoms with Gasteiger partial charge in [0.1, 0.15) is 5.75 Å². The lowest BCUT2D eigenvalue weighted by molar-refractivity contribution is -0.424. The first-order valence-corrected chi connectivity index (χ1v) is 4.78. The van der Waals surface area contributed by atoms with E-state index in [0.29, 0.717) is 5.57 Å². The topological polar surface area (TPSA) is 77.3 Å². The molecule has 6 heteroatoms. The molecule has 5 nitrogen and oxygen atoms in total. The molecule has 0 atom stereocenters. The van der Waals surface area contributed by atoms with Gasteiger partial charge in [-0.25, -0.2) is 8.42 Å². The first kappa shape index (κ1) is 8.19. The molecule has 0 unspecified atom stereocenters. The Labute approximate surface area is 63.8 Å². The maximum Gasteiger partial charge on any atom is 0.261 e. The highest BCUT2D eigenvalue weighted by atomic mass is 32.2. The Balaban J connectivity index is 3.02. The molecule has 0 radical (unpaired) electrons. The van der Waals surface area contributed by atoms with Gasteiger partial charge in [0.05, 0.1) is 10.7 Å². The molecule has 1 aliphatic rings. The van der Waals surface area contributed by atoms with Crippen LogP contribution in [0.2, 0.25) is 0 Å². The van der Waals surface area contributed by atoms with Crippen LogP contribution in [0.1, 0.15) is 6.92 Å². The van der Waals surface area contributed by atoms with Crippen LogP contribution >= 0.6 is 0 Å². The van der Waals surface area contributed by atoms with Gasteiger partial charge in [-0.15, -0.1) is 0 Å². The van der Waals surface area contributed by atoms with Crippen molar-refractivity contribution < 1.29 is 13.3 Å². The van der Waals surface area contributed by atoms with Crippen molar-refractivity contribution in [2.45, 2.75) is 6.92 Å². The summed E-state index contributed by atoms with van der Waals surface area (Å²) in [7, 11) is -3.21. The lowest BCUT2D eigenvalue weighted by atomic mass is 10.3. The zero-order valence-electron chi connectivity index (χ0n) is 5.90. The van der Waals surface area contributed by atoms with E-state index < -0.39 is 20.5 Å². The van der Waals surface area contributed by atoms with Crippen LogP contribution in [-0.4, -0.2) is 24.8 Å². The minimum absolute atomic E-state index is 0.162. The molecule has 0 saturated heterocycles. The van der Waals surface area contributed by atoms with Crippen LogP contribution in [0.5, 0.6) is 0 Å². The number of hydrogen-bond donors (Lipinski definition) is 0. The molecular weight excluding hydrogens is 170 g/mol. The summed E-state index contributed by atoms with van der Waals surface area (Å²) in [6.07, 6.45) is 0. The predicted octanol–water partition coefficient (Wildman–Crippen LogP) is -0.0345. The molecule has 0 bridgehead atoms. The van der Waals surface area contributed by atoms with Crippen molar-refractivity contribution in [1.29, 1.82) is 0 Å². The normalized spacial score (nSPS) is 22.3. The number of hydrogen-bond acceptors (Lipinski definition) is 4. The highest BCUT2D eigenvalue weighted by Gasteiger charge is 2.32. The van der Waals surface area contributed by atoms with E-state index in [0.717, 1.165) is 0 Å². The van der Waals surface area contributed by atoms with Crippen LogP contribution in [0.15, 0.2) is 11.3 Å². The van der Waals surface area contributed by atoms with Crippen molar-refractivity contribution >= 4 is 9.84 Å². The van der Waals surface area contributed by atoms with Crippen LogP contribution in [0.4, 0.5) is 0 Å². The van der Waals surface area contributed by atoms with Gasteiger partial charge in [-0.05, 0) is 6.92 Å². The van der Waals surface area contributed by atoms with E-state index >= 15 is 0 Å². The summed E-state index contributed by atoms with van der Waals surface area (Å²) in [4.78, 5) is 9.56. The highest BCUT2D eigenvalue weighted by molar-refractivity contribution is 7.92. The van der Waals surface area contributed by atoms with Crippen molar-refractivity contribution in [3.05, 3.63) is 21.4 Å². The van der Waals surface area contributed by atoms with Gasteiger partial charge in [0, 0.05) is 5.57 Å². The van der Waals surface area contributed by atoms with E-state index in [2.05, 4.69) is 0 Å². The average Bonchev–Trinajstić information content (AvgIpc) is 2.05. The molecular formula is C5H7NO4S. The molecule has 1 rings (SSSR count). The third kappa shape index (κ3) is 1.56. The molecule has 0 saturated carbocycles. The summed E-state index contributed by atoms with van der Waals surface area (Å²) in [6.45, 7) is 1.47. The van der Waals surface area contributed by atoms with Crippen molar-refractivity contribution in [2.75, 3.05) is 11.5 Å². The quantitative estimate of drug-likeness (QED) is 0.416. The number of nitrogens with zero attached hydrogens (tertiary/aromatic N) is 1. The summed E-state index contributed by atoms with van der Waals surface area (Å²) >= 11 is 0. The van der Waals surface area contributed by atoms with Gasteiger partial charge in [0.2, 0.25) is 0 Å². The lowest BCUT2D eigenvalue weighted by Gasteiger charge is -1.87. The smallest absolute Gasteiger partial charge is 0.259 e. The van der Waals surface area contributed by atoms with Crippen LogP contribution in [0.3, 0.4) is 0 Å². The zero-order chi connectivity index (χ0) is 8.65. The lowest BCUT2D eigenvalue weighted by Crippen LogP contribution is -2.07. The first-order valence-electron chi connectivity index (χ1n) is 2.96. The Kier molecular flexibility index (Phi) is 1.71. The fourth-order valence-corrected chi connectivity index (χ4v) is 2.70. The SMILES string of the molecule is CC1=C([N+](=O)[O-])CS(=O)(=O)C1. The minimum Gasteiger partial charge on any atom is -0.259 e. The van der Waals surface area contributed by atoms with Crippen LogP contribution in [0.25, 0.3) is 0 Å². The molecule has 0 N–H and O–H groups in total. The third-order valence-corrected chi connectivity index (χ3v) is 3.09. The largest absolute Gasteiger partial charge is 0.261 e. The molecule has 0 fully saturated rings. The van der Waals surface area contributed by atoms with E-state index in [4.69, 9.17) is 0 Å². The summed E-state index contributed by atoms with van der Waals surface area (Å²) in [5, 5.41) is 10.2. The minimum atomic E-state index is -3.21. The predicted molar refractivity (Wildman–Crippen MR) is 38.3 cm³/mol. The second-order valence-electron chi connectivity index (χ2n) is 2.52. The summed E-state index contributed by atoms with van der Waals surface area (Å²) in [5.74, 6) is -0.574. The Bertz CT molecular complexity index is 326. The second-order valence-corrected chi connectivity index (χ2v) is 4.58. The second kappa shape index (κ2) is 2.30. The molecule has 0 aromatic carbocycles. The van der Waals surface area contributed by atoms with Gasteiger partial charge in [-0.1, -0.05) is 0 Å². The number of nitro groups is 1. The number of sulfone groups is 1. The van der Waals surface area contributed by atoms with E-state index in [9.17, 15) is 18.5 Å². The van der Waals surface area contributed by atoms with Crippen LogP contribution in [-0.2, 0) is 9.84 Å². The van der Waals surface area contributed by atoms with Gasteiger partial charge in [-0.3, -0.25) is 10.1 Å². The van der Waals surface area contributed by atoms with Gasteiger partial charge < -0.3 is 0 Å². The monoisotopic (exact) mass is 177 g/mol. The van der Waals surface area contributed by atoms with Gasteiger partial charge in [0.25, 0.3) is 5.70 Å². The van der Waals surface area contributed by atoms with Gasteiger partial charge in [0.15, 0.2) is 9.84 Å². The van der Waals surface area contributed by atoms with Crippen LogP contribution < -0.4 is 0 Å². The van der Waals surface area contributed by atoms with Crippen molar-refractivity contribution in [1.82, 2.24) is 0 Å². The Morgan fingerprint density at radius 1 is 1.45 bits per heavy atom. The molecule has 62 valence electrons. The Morgan fingerprint density at radius 2 is 2.00 bits per heavy atom. The molecule has 0 aliphatic carbocycles. The van der Waals surface area contributed by atoms with Crippen molar-refractivity contribution in [3.63, 3.8) is 0 Å². The maximum absolute atomic E-state index is 10.8. The fraction of sp³-hybridized carbons (Fsp3) is 0.600. The van der Waals surface area contributed by atoms with E-state index in [-0.39, 0.29) is 11.4 Å². The molecule has 1 heterocycles. The van der Waals surface area contributed by atoms with E-state index in [1.807, 2.05) is 0 Å². The first-order chi connectivity index (χ1) is 4.92. The van der Waals surface area contributed by atoms with Crippen molar-refractivity contribution in [2.24, 2.45) is 0 Å². The standard InChI is InChI=1S/C5H7NO4S/c1-4-2-11(9,10)3-5(4)6(7)8/h2-3H2,1H3. The number of rotatable bonds is 1. The maximum atomic E-state index is 10.8. The average molecular weight is 177 g/mol. The summed E-state index contributed by atoms with van der Waals surface area (Å²) in [6, 6.07) is 0. The Morgan fingerprint density at radius 3 is 2.18 bits per heavy atom. The fourth-order valence-electron chi connectivity index (χ4n) is 1.00. The van der Waals surface area contributed by atoms with E-state index in [1.54, 1.807) is 0 Å². The van der Waals surface area contributed by atoms with Gasteiger partial charge in [-0.2, -0.15) is 0 Å². The summed E-state index contributed by atoms with van der Waals surface area (Å²) < 4.78 is 21.6. The molecule has 0 spiro atoms. The van der Waals surface area contributed by atoms with E-state index in [1.165, 1.54) is 6.92 Å². The Hall–Kier alpha value is -0.910. The third-order valence-electron chi connectivity index (χ3n) is 1.51. The summed E-state index contributed by atoms with van der Waals surface area (Å²) in [5.41, 5.74) is 0.194. The molecule has 0 amide bonds. The van der Waals surface area contributed by atoms with Gasteiger partial charge >= 0.3 is 0 Å². The van der Waals surface area contributed by atoms with Crippen LogP contribution in [0, 0.1) is 10.1 Å². The van der Waals surface area contributed by atoms with Crippen molar-refractivity contribution in [3.8, 4) is 0 Å². The molecule has 11 heavy (non-hydrogen) atoms. The zero-order valence-corrected chi connectivity index (χ0v) is 6.72.